The van der Waals surface area contributed by atoms with Gasteiger partial charge in [-0.05, 0) is 32.2 Å². The number of rotatable bonds is 33. The van der Waals surface area contributed by atoms with Crippen LogP contribution in [0, 0.1) is 0 Å². The fraction of sp³-hybridized carbons (Fsp3) is 1.00. The number of nitrogens with zero attached hydrogens (tertiary/aromatic N) is 1. The molecule has 0 atom stereocenters. The monoisotopic (exact) mass is 538 g/mol. The molecule has 230 valence electrons. The zero-order chi connectivity index (χ0) is 27.8. The first-order valence-corrected chi connectivity index (χ1v) is 18.2. The van der Waals surface area contributed by atoms with Crippen molar-refractivity contribution in [3.05, 3.63) is 0 Å². The van der Waals surface area contributed by atoms with E-state index < -0.39 is 0 Å². The molecule has 0 aliphatic carbocycles. The van der Waals surface area contributed by atoms with E-state index in [9.17, 15) is 0 Å². The Morgan fingerprint density at radius 1 is 0.316 bits per heavy atom. The van der Waals surface area contributed by atoms with Crippen molar-refractivity contribution >= 4 is 0 Å². The molecule has 0 amide bonds. The number of quaternary nitrogens is 1. The molecular weight excluding hydrogens is 460 g/mol. The van der Waals surface area contributed by atoms with Crippen LogP contribution in [-0.4, -0.2) is 37.7 Å². The summed E-state index contributed by atoms with van der Waals surface area (Å²) < 4.78 is 1.27. The molecule has 2 heteroatoms. The molecule has 0 radical (unpaired) electrons. The predicted octanol–water partition coefficient (Wildman–Crippen LogP) is 11.7. The van der Waals surface area contributed by atoms with Crippen LogP contribution < -0.4 is 5.73 Å². The lowest BCUT2D eigenvalue weighted by atomic mass is 10.0. The fourth-order valence-electron chi connectivity index (χ4n) is 6.18. The molecule has 0 unspecified atom stereocenters. The van der Waals surface area contributed by atoms with Gasteiger partial charge < -0.3 is 10.2 Å². The van der Waals surface area contributed by atoms with E-state index in [0.717, 1.165) is 6.54 Å². The van der Waals surface area contributed by atoms with E-state index in [1.165, 1.54) is 210 Å². The predicted molar refractivity (Wildman–Crippen MR) is 175 cm³/mol. The van der Waals surface area contributed by atoms with E-state index >= 15 is 0 Å². The fourth-order valence-corrected chi connectivity index (χ4v) is 6.18. The van der Waals surface area contributed by atoms with Gasteiger partial charge in [-0.2, -0.15) is 0 Å². The van der Waals surface area contributed by atoms with Crippen LogP contribution in [0.4, 0.5) is 0 Å². The molecule has 0 saturated heterocycles. The Kier molecular flexibility index (Phi) is 31.4. The smallest absolute Gasteiger partial charge is 0.0796 e. The summed E-state index contributed by atoms with van der Waals surface area (Å²) in [7, 11) is 2.51. The third kappa shape index (κ3) is 28.9. The van der Waals surface area contributed by atoms with Crippen LogP contribution >= 0.6 is 0 Å². The first-order chi connectivity index (χ1) is 18.7. The SMILES string of the molecule is CCCCCCCCCCCCCCCC[N+](C)(CCCN)CCCCCCCCCCCCCCCC. The van der Waals surface area contributed by atoms with Gasteiger partial charge in [-0.25, -0.2) is 0 Å². The van der Waals surface area contributed by atoms with E-state index in [1.54, 1.807) is 0 Å². The third-order valence-electron chi connectivity index (χ3n) is 9.01. The highest BCUT2D eigenvalue weighted by Gasteiger charge is 2.19. The molecular formula is C36H77N2+. The maximum atomic E-state index is 5.89. The van der Waals surface area contributed by atoms with Gasteiger partial charge >= 0.3 is 0 Å². The Morgan fingerprint density at radius 3 is 0.763 bits per heavy atom. The van der Waals surface area contributed by atoms with Crippen LogP contribution in [0.5, 0.6) is 0 Å². The number of hydrogen-bond acceptors (Lipinski definition) is 1. The molecule has 0 aromatic carbocycles. The van der Waals surface area contributed by atoms with E-state index in [2.05, 4.69) is 20.9 Å². The maximum Gasteiger partial charge on any atom is 0.0796 e. The second-order valence-corrected chi connectivity index (χ2v) is 13.1. The molecule has 0 heterocycles. The lowest BCUT2D eigenvalue weighted by molar-refractivity contribution is -0.910. The third-order valence-corrected chi connectivity index (χ3v) is 9.01. The van der Waals surface area contributed by atoms with Gasteiger partial charge in [0.05, 0.1) is 26.7 Å². The summed E-state index contributed by atoms with van der Waals surface area (Å²) in [6, 6.07) is 0. The minimum atomic E-state index is 0.852. The van der Waals surface area contributed by atoms with Crippen molar-refractivity contribution < 1.29 is 4.48 Å². The molecule has 0 bridgehead atoms. The molecule has 0 aromatic rings. The second kappa shape index (κ2) is 31.4. The summed E-state index contributed by atoms with van der Waals surface area (Å²) >= 11 is 0. The molecule has 0 saturated carbocycles. The van der Waals surface area contributed by atoms with E-state index in [0.29, 0.717) is 0 Å². The van der Waals surface area contributed by atoms with Crippen molar-refractivity contribution in [2.45, 2.75) is 200 Å². The minimum Gasteiger partial charge on any atom is -0.330 e. The minimum absolute atomic E-state index is 0.852. The largest absolute Gasteiger partial charge is 0.330 e. The molecule has 38 heavy (non-hydrogen) atoms. The molecule has 0 aliphatic heterocycles. The van der Waals surface area contributed by atoms with Gasteiger partial charge in [-0.15, -0.1) is 0 Å². The number of hydrogen-bond donors (Lipinski definition) is 1. The summed E-state index contributed by atoms with van der Waals surface area (Å²) in [6.45, 7) is 9.49. The van der Waals surface area contributed by atoms with Crippen molar-refractivity contribution in [1.29, 1.82) is 0 Å². The van der Waals surface area contributed by atoms with Crippen LogP contribution in [-0.2, 0) is 0 Å². The van der Waals surface area contributed by atoms with Crippen LogP contribution in [0.3, 0.4) is 0 Å². The van der Waals surface area contributed by atoms with Crippen LogP contribution in [0.2, 0.25) is 0 Å². The van der Waals surface area contributed by atoms with Gasteiger partial charge in [0.15, 0.2) is 0 Å². The van der Waals surface area contributed by atoms with Gasteiger partial charge in [-0.3, -0.25) is 0 Å². The van der Waals surface area contributed by atoms with Gasteiger partial charge in [-0.1, -0.05) is 168 Å². The number of unbranched alkanes of at least 4 members (excludes halogenated alkanes) is 26. The summed E-state index contributed by atoms with van der Waals surface area (Å²) in [5.41, 5.74) is 5.89. The molecule has 0 aromatic heterocycles. The van der Waals surface area contributed by atoms with Gasteiger partial charge in [0.2, 0.25) is 0 Å². The average Bonchev–Trinajstić information content (AvgIpc) is 2.92. The lowest BCUT2D eigenvalue weighted by Gasteiger charge is -2.35. The van der Waals surface area contributed by atoms with Crippen molar-refractivity contribution in [3.63, 3.8) is 0 Å². The Morgan fingerprint density at radius 2 is 0.526 bits per heavy atom. The molecule has 2 nitrogen and oxygen atoms in total. The van der Waals surface area contributed by atoms with Crippen LogP contribution in [0.1, 0.15) is 200 Å². The maximum absolute atomic E-state index is 5.89. The topological polar surface area (TPSA) is 26.0 Å². The molecule has 0 aliphatic rings. The molecule has 2 N–H and O–H groups in total. The highest BCUT2D eigenvalue weighted by Crippen LogP contribution is 2.17. The van der Waals surface area contributed by atoms with E-state index in [4.69, 9.17) is 5.73 Å². The van der Waals surface area contributed by atoms with Crippen LogP contribution in [0.25, 0.3) is 0 Å². The highest BCUT2D eigenvalue weighted by molar-refractivity contribution is 4.53. The van der Waals surface area contributed by atoms with Gasteiger partial charge in [0.1, 0.15) is 0 Å². The van der Waals surface area contributed by atoms with Crippen LogP contribution in [0.15, 0.2) is 0 Å². The summed E-state index contributed by atoms with van der Waals surface area (Å²) in [5, 5.41) is 0. The standard InChI is InChI=1S/C36H77N2/c1-4-6-8-10-12-14-16-18-20-22-24-26-28-30-34-38(3,36-32-33-37)35-31-29-27-25-23-21-19-17-15-13-11-9-7-5-2/h4-37H2,1-3H3/q+1. The molecule has 0 spiro atoms. The first-order valence-electron chi connectivity index (χ1n) is 18.2. The molecule has 0 rings (SSSR count). The first kappa shape index (κ1) is 37.9. The average molecular weight is 538 g/mol. The Labute approximate surface area is 243 Å². The number of nitrogens with two attached hydrogens (primary N) is 1. The Balaban J connectivity index is 3.62. The second-order valence-electron chi connectivity index (χ2n) is 13.1. The Hall–Kier alpha value is -0.0800. The highest BCUT2D eigenvalue weighted by atomic mass is 15.3. The van der Waals surface area contributed by atoms with Crippen molar-refractivity contribution in [3.8, 4) is 0 Å². The quantitative estimate of drug-likeness (QED) is 0.0653. The summed E-state index contributed by atoms with van der Waals surface area (Å²) in [4.78, 5) is 0. The van der Waals surface area contributed by atoms with Crippen molar-refractivity contribution in [1.82, 2.24) is 0 Å². The summed E-state index contributed by atoms with van der Waals surface area (Å²) in [6.07, 6.45) is 41.8. The van der Waals surface area contributed by atoms with Crippen molar-refractivity contribution in [2.24, 2.45) is 5.73 Å². The van der Waals surface area contributed by atoms with Crippen molar-refractivity contribution in [2.75, 3.05) is 33.2 Å². The Bertz CT molecular complexity index is 390. The van der Waals surface area contributed by atoms with Gasteiger partial charge in [0, 0.05) is 6.42 Å². The molecule has 0 fully saturated rings. The lowest BCUT2D eigenvalue weighted by Crippen LogP contribution is -2.46. The van der Waals surface area contributed by atoms with Gasteiger partial charge in [0.25, 0.3) is 0 Å². The zero-order valence-corrected chi connectivity index (χ0v) is 27.4. The zero-order valence-electron chi connectivity index (χ0n) is 27.4. The summed E-state index contributed by atoms with van der Waals surface area (Å²) in [5.74, 6) is 0. The normalized spacial score (nSPS) is 12.0. The van der Waals surface area contributed by atoms with E-state index in [-0.39, 0.29) is 0 Å². The van der Waals surface area contributed by atoms with E-state index in [1.807, 2.05) is 0 Å².